The molecule has 0 heterocycles. The van der Waals surface area contributed by atoms with Gasteiger partial charge < -0.3 is 9.84 Å². The van der Waals surface area contributed by atoms with E-state index in [9.17, 15) is 9.90 Å². The Hall–Kier alpha value is -0.830. The van der Waals surface area contributed by atoms with Crippen LogP contribution in [0.2, 0.25) is 0 Å². The molecule has 0 saturated heterocycles. The number of aliphatic hydroxyl groups is 1. The molecule has 2 rings (SSSR count). The van der Waals surface area contributed by atoms with E-state index in [-0.39, 0.29) is 17.3 Å². The first-order chi connectivity index (χ1) is 11.0. The third kappa shape index (κ3) is 3.56. The summed E-state index contributed by atoms with van der Waals surface area (Å²) in [5.41, 5.74) is 0.0658. The van der Waals surface area contributed by atoms with Crippen LogP contribution < -0.4 is 0 Å². The van der Waals surface area contributed by atoms with Gasteiger partial charge in [0, 0.05) is 12.8 Å². The maximum atomic E-state index is 11.8. The number of hydrogen-bond acceptors (Lipinski definition) is 3. The first-order valence-electron chi connectivity index (χ1n) is 9.55. The van der Waals surface area contributed by atoms with E-state index >= 15 is 0 Å². The molecular formula is C21H36O3. The average molecular weight is 337 g/mol. The van der Waals surface area contributed by atoms with Crippen LogP contribution in [0.1, 0.15) is 79.6 Å². The molecule has 2 saturated carbocycles. The third-order valence-electron chi connectivity index (χ3n) is 7.14. The maximum absolute atomic E-state index is 11.8. The largest absolute Gasteiger partial charge is 0.459 e. The zero-order chi connectivity index (χ0) is 18.2. The van der Waals surface area contributed by atoms with E-state index in [2.05, 4.69) is 34.3 Å². The summed E-state index contributed by atoms with van der Waals surface area (Å²) < 4.78 is 5.89. The van der Waals surface area contributed by atoms with Crippen molar-refractivity contribution in [3.8, 4) is 0 Å². The number of fused-ring (bicyclic) bond motifs is 1. The van der Waals surface area contributed by atoms with Gasteiger partial charge in [0.1, 0.15) is 5.60 Å². The van der Waals surface area contributed by atoms with Crippen LogP contribution in [0.4, 0.5) is 0 Å². The highest BCUT2D eigenvalue weighted by atomic mass is 16.6. The Morgan fingerprint density at radius 1 is 1.29 bits per heavy atom. The summed E-state index contributed by atoms with van der Waals surface area (Å²) in [5.74, 6) is 0.735. The predicted molar refractivity (Wildman–Crippen MR) is 97.6 cm³/mol. The molecule has 0 aliphatic heterocycles. The number of rotatable bonds is 5. The van der Waals surface area contributed by atoms with Gasteiger partial charge in [-0.25, -0.2) is 0 Å². The second-order valence-corrected chi connectivity index (χ2v) is 9.28. The topological polar surface area (TPSA) is 46.5 Å². The molecule has 24 heavy (non-hydrogen) atoms. The highest BCUT2D eigenvalue weighted by Gasteiger charge is 2.59. The molecule has 0 aromatic carbocycles. The summed E-state index contributed by atoms with van der Waals surface area (Å²) in [6.07, 6.45) is 8.43. The third-order valence-corrected chi connectivity index (χ3v) is 7.14. The van der Waals surface area contributed by atoms with Crippen molar-refractivity contribution >= 4 is 5.97 Å². The molecule has 2 fully saturated rings. The number of ether oxygens (including phenoxy) is 1. The molecule has 0 bridgehead atoms. The normalized spacial score (nSPS) is 39.6. The number of esters is 1. The minimum Gasteiger partial charge on any atom is -0.459 e. The molecule has 138 valence electrons. The molecule has 1 N–H and O–H groups in total. The summed E-state index contributed by atoms with van der Waals surface area (Å²) in [4.78, 5) is 11.8. The predicted octanol–water partition coefficient (Wildman–Crippen LogP) is 4.88. The Kier molecular flexibility index (Phi) is 5.54. The van der Waals surface area contributed by atoms with Crippen LogP contribution >= 0.6 is 0 Å². The molecule has 0 spiro atoms. The van der Waals surface area contributed by atoms with Crippen molar-refractivity contribution in [2.45, 2.75) is 91.3 Å². The Bertz CT molecular complexity index is 483. The molecule has 2 aliphatic rings. The molecule has 3 nitrogen and oxygen atoms in total. The van der Waals surface area contributed by atoms with Gasteiger partial charge >= 0.3 is 5.97 Å². The van der Waals surface area contributed by atoms with E-state index < -0.39 is 11.7 Å². The van der Waals surface area contributed by atoms with E-state index in [1.807, 2.05) is 0 Å². The molecule has 2 aliphatic carbocycles. The van der Waals surface area contributed by atoms with Crippen LogP contribution in [-0.2, 0) is 9.53 Å². The van der Waals surface area contributed by atoms with Gasteiger partial charge in [0.25, 0.3) is 0 Å². The molecule has 5 atom stereocenters. The van der Waals surface area contributed by atoms with Crippen molar-refractivity contribution in [3.63, 3.8) is 0 Å². The Morgan fingerprint density at radius 2 is 1.96 bits per heavy atom. The smallest absolute Gasteiger partial charge is 0.303 e. The Morgan fingerprint density at radius 3 is 2.54 bits per heavy atom. The Labute approximate surface area is 147 Å². The van der Waals surface area contributed by atoms with Crippen molar-refractivity contribution in [2.24, 2.45) is 22.7 Å². The lowest BCUT2D eigenvalue weighted by atomic mass is 9.45. The van der Waals surface area contributed by atoms with Crippen LogP contribution in [-0.4, -0.2) is 22.8 Å². The molecule has 0 aromatic heterocycles. The van der Waals surface area contributed by atoms with Crippen molar-refractivity contribution in [1.29, 1.82) is 0 Å². The fourth-order valence-corrected chi connectivity index (χ4v) is 6.15. The maximum Gasteiger partial charge on any atom is 0.303 e. The Balaban J connectivity index is 2.35. The van der Waals surface area contributed by atoms with Gasteiger partial charge in [0.2, 0.25) is 0 Å². The van der Waals surface area contributed by atoms with Gasteiger partial charge in [-0.1, -0.05) is 33.3 Å². The summed E-state index contributed by atoms with van der Waals surface area (Å²) in [5, 5.41) is 10.00. The zero-order valence-electron chi connectivity index (χ0n) is 16.2. The van der Waals surface area contributed by atoms with Crippen molar-refractivity contribution in [3.05, 3.63) is 12.7 Å². The van der Waals surface area contributed by atoms with Crippen LogP contribution in [0.3, 0.4) is 0 Å². The summed E-state index contributed by atoms with van der Waals surface area (Å²) in [6.45, 7) is 14.5. The van der Waals surface area contributed by atoms with Gasteiger partial charge in [0.05, 0.1) is 6.10 Å². The molecule has 0 amide bonds. The highest BCUT2D eigenvalue weighted by molar-refractivity contribution is 5.66. The first-order valence-corrected chi connectivity index (χ1v) is 9.55. The SMILES string of the molecule is C=CC(O)CC[C@@H]1[C@@]2(C)CCCC(C)(C)[C@@H]2CC[C@@]1(C)OC(C)=O. The summed E-state index contributed by atoms with van der Waals surface area (Å²) in [6, 6.07) is 0. The minimum absolute atomic E-state index is 0.158. The van der Waals surface area contributed by atoms with Gasteiger partial charge in [-0.05, 0) is 62.2 Å². The zero-order valence-corrected chi connectivity index (χ0v) is 16.2. The number of aliphatic hydroxyl groups excluding tert-OH is 1. The van der Waals surface area contributed by atoms with Gasteiger partial charge in [0.15, 0.2) is 0 Å². The molecule has 0 aromatic rings. The lowest BCUT2D eigenvalue weighted by Gasteiger charge is -2.62. The van der Waals surface area contributed by atoms with Crippen molar-refractivity contribution in [1.82, 2.24) is 0 Å². The van der Waals surface area contributed by atoms with Crippen LogP contribution in [0.15, 0.2) is 12.7 Å². The van der Waals surface area contributed by atoms with Crippen molar-refractivity contribution in [2.75, 3.05) is 0 Å². The lowest BCUT2D eigenvalue weighted by molar-refractivity contribution is -0.200. The molecule has 3 heteroatoms. The number of carbonyl (C=O) groups is 1. The fraction of sp³-hybridized carbons (Fsp3) is 0.857. The fourth-order valence-electron chi connectivity index (χ4n) is 6.15. The second kappa shape index (κ2) is 6.82. The van der Waals surface area contributed by atoms with Gasteiger partial charge in [-0.15, -0.1) is 6.58 Å². The van der Waals surface area contributed by atoms with Gasteiger partial charge in [-0.2, -0.15) is 0 Å². The van der Waals surface area contributed by atoms with E-state index in [0.29, 0.717) is 17.8 Å². The summed E-state index contributed by atoms with van der Waals surface area (Å²) in [7, 11) is 0. The number of hydrogen-bond donors (Lipinski definition) is 1. The minimum atomic E-state index is -0.479. The van der Waals surface area contributed by atoms with E-state index in [4.69, 9.17) is 4.74 Å². The standard InChI is InChI=1S/C21H36O3/c1-7-16(23)9-10-18-20(5)13-8-12-19(3,4)17(20)11-14-21(18,6)24-15(2)22/h7,16-18,23H,1,8-14H2,2-6H3/t16?,17-,18+,20-,21+/m0/s1. The second-order valence-electron chi connectivity index (χ2n) is 9.28. The molecule has 1 unspecified atom stereocenters. The number of carbonyl (C=O) groups excluding carboxylic acids is 1. The van der Waals surface area contributed by atoms with E-state index in [1.165, 1.54) is 26.2 Å². The average Bonchev–Trinajstić information content (AvgIpc) is 2.44. The summed E-state index contributed by atoms with van der Waals surface area (Å²) >= 11 is 0. The van der Waals surface area contributed by atoms with Crippen LogP contribution in [0, 0.1) is 22.7 Å². The molecular weight excluding hydrogens is 300 g/mol. The van der Waals surface area contributed by atoms with E-state index in [0.717, 1.165) is 19.3 Å². The lowest BCUT2D eigenvalue weighted by Crippen LogP contribution is -2.58. The van der Waals surface area contributed by atoms with Crippen LogP contribution in [0.25, 0.3) is 0 Å². The van der Waals surface area contributed by atoms with Crippen molar-refractivity contribution < 1.29 is 14.6 Å². The van der Waals surface area contributed by atoms with E-state index in [1.54, 1.807) is 6.08 Å². The molecule has 0 radical (unpaired) electrons. The van der Waals surface area contributed by atoms with Gasteiger partial charge in [-0.3, -0.25) is 4.79 Å². The first kappa shape index (κ1) is 19.5. The van der Waals surface area contributed by atoms with Crippen LogP contribution in [0.5, 0.6) is 0 Å². The quantitative estimate of drug-likeness (QED) is 0.575. The highest BCUT2D eigenvalue weighted by Crippen LogP contribution is 2.63. The monoisotopic (exact) mass is 336 g/mol.